The molecule has 0 aliphatic carbocycles. The van der Waals surface area contributed by atoms with Crippen molar-refractivity contribution in [3.63, 3.8) is 0 Å². The molecule has 1 aromatic carbocycles. The Labute approximate surface area is 145 Å². The van der Waals surface area contributed by atoms with Crippen LogP contribution in [0.1, 0.15) is 31.3 Å². The Morgan fingerprint density at radius 2 is 2.21 bits per heavy atom. The van der Waals surface area contributed by atoms with Gasteiger partial charge in [-0.3, -0.25) is 4.79 Å². The van der Waals surface area contributed by atoms with Gasteiger partial charge in [0.2, 0.25) is 5.91 Å². The molecule has 6 nitrogen and oxygen atoms in total. The fourth-order valence-electron chi connectivity index (χ4n) is 2.93. The van der Waals surface area contributed by atoms with Crippen LogP contribution in [0.25, 0.3) is 11.0 Å². The van der Waals surface area contributed by atoms with E-state index < -0.39 is 15.4 Å². The van der Waals surface area contributed by atoms with Crippen LogP contribution in [0.2, 0.25) is 0 Å². The van der Waals surface area contributed by atoms with E-state index in [1.54, 1.807) is 6.92 Å². The van der Waals surface area contributed by atoms with Crippen molar-refractivity contribution in [2.75, 3.05) is 17.3 Å². The Balaban J connectivity index is 1.56. The molecule has 0 saturated carbocycles. The van der Waals surface area contributed by atoms with Crippen molar-refractivity contribution in [3.8, 4) is 0 Å². The van der Waals surface area contributed by atoms with E-state index in [4.69, 9.17) is 0 Å². The lowest BCUT2D eigenvalue weighted by molar-refractivity contribution is -0.120. The van der Waals surface area contributed by atoms with Crippen molar-refractivity contribution in [2.24, 2.45) is 0 Å². The SMILES string of the molecule is CC(SCC(=O)NC1(C)CCS(=O)(=O)C1)c1nc2ccccc2[nH]1. The van der Waals surface area contributed by atoms with Crippen LogP contribution in [0.5, 0.6) is 0 Å². The number of para-hydroxylation sites is 2. The van der Waals surface area contributed by atoms with Gasteiger partial charge in [-0.05, 0) is 32.4 Å². The summed E-state index contributed by atoms with van der Waals surface area (Å²) < 4.78 is 23.2. The fraction of sp³-hybridized carbons (Fsp3) is 0.500. The van der Waals surface area contributed by atoms with Crippen molar-refractivity contribution < 1.29 is 13.2 Å². The first-order chi connectivity index (χ1) is 11.3. The van der Waals surface area contributed by atoms with Crippen LogP contribution in [-0.2, 0) is 14.6 Å². The number of carbonyl (C=O) groups excluding carboxylic acids is 1. The number of imidazole rings is 1. The Morgan fingerprint density at radius 3 is 2.88 bits per heavy atom. The first-order valence-electron chi connectivity index (χ1n) is 7.84. The van der Waals surface area contributed by atoms with Crippen LogP contribution >= 0.6 is 11.8 Å². The highest BCUT2D eigenvalue weighted by Crippen LogP contribution is 2.28. The number of nitrogens with zero attached hydrogens (tertiary/aromatic N) is 1. The maximum atomic E-state index is 12.2. The molecule has 2 atom stereocenters. The minimum Gasteiger partial charge on any atom is -0.349 e. The summed E-state index contributed by atoms with van der Waals surface area (Å²) in [4.78, 5) is 20.0. The third-order valence-corrected chi connectivity index (χ3v) is 7.26. The largest absolute Gasteiger partial charge is 0.349 e. The van der Waals surface area contributed by atoms with E-state index in [2.05, 4.69) is 15.3 Å². The molecule has 8 heteroatoms. The number of aromatic amines is 1. The molecule has 1 saturated heterocycles. The van der Waals surface area contributed by atoms with Gasteiger partial charge < -0.3 is 10.3 Å². The second kappa shape index (κ2) is 6.40. The quantitative estimate of drug-likeness (QED) is 0.844. The molecule has 1 aliphatic heterocycles. The van der Waals surface area contributed by atoms with Crippen LogP contribution in [0.15, 0.2) is 24.3 Å². The standard InChI is InChI=1S/C16H21N3O3S2/c1-11(15-17-12-5-3-4-6-13(12)18-15)23-9-14(20)19-16(2)7-8-24(21,22)10-16/h3-6,11H,7-10H2,1-2H3,(H,17,18)(H,19,20). The second-order valence-electron chi connectivity index (χ2n) is 6.54. The number of amides is 1. The lowest BCUT2D eigenvalue weighted by Gasteiger charge is -2.24. The van der Waals surface area contributed by atoms with E-state index >= 15 is 0 Å². The molecule has 130 valence electrons. The summed E-state index contributed by atoms with van der Waals surface area (Å²) in [5.74, 6) is 1.14. The monoisotopic (exact) mass is 367 g/mol. The summed E-state index contributed by atoms with van der Waals surface area (Å²) in [5, 5.41) is 2.92. The fourth-order valence-corrected chi connectivity index (χ4v) is 5.76. The van der Waals surface area contributed by atoms with Crippen molar-refractivity contribution in [1.29, 1.82) is 0 Å². The normalized spacial score (nSPS) is 24.1. The van der Waals surface area contributed by atoms with E-state index in [9.17, 15) is 13.2 Å². The molecular formula is C16H21N3O3S2. The third-order valence-electron chi connectivity index (χ3n) is 4.20. The Hall–Kier alpha value is -1.54. The summed E-state index contributed by atoms with van der Waals surface area (Å²) in [6.45, 7) is 3.79. The summed E-state index contributed by atoms with van der Waals surface area (Å²) in [5.41, 5.74) is 1.25. The summed E-state index contributed by atoms with van der Waals surface area (Å²) in [7, 11) is -3.03. The Bertz CT molecular complexity index is 829. The predicted octanol–water partition coefficient (Wildman–Crippen LogP) is 2.05. The second-order valence-corrected chi connectivity index (χ2v) is 10.1. The first-order valence-corrected chi connectivity index (χ1v) is 10.7. The maximum absolute atomic E-state index is 12.2. The average molecular weight is 367 g/mol. The van der Waals surface area contributed by atoms with Crippen LogP contribution in [-0.4, -0.2) is 47.1 Å². The van der Waals surface area contributed by atoms with E-state index in [1.807, 2.05) is 31.2 Å². The number of fused-ring (bicyclic) bond motifs is 1. The number of thioether (sulfide) groups is 1. The van der Waals surface area contributed by atoms with Gasteiger partial charge in [0.15, 0.2) is 9.84 Å². The van der Waals surface area contributed by atoms with E-state index in [-0.39, 0.29) is 28.4 Å². The number of aromatic nitrogens is 2. The van der Waals surface area contributed by atoms with Crippen molar-refractivity contribution in [2.45, 2.75) is 31.1 Å². The molecule has 2 N–H and O–H groups in total. The van der Waals surface area contributed by atoms with Gasteiger partial charge in [-0.15, -0.1) is 11.8 Å². The number of H-pyrrole nitrogens is 1. The van der Waals surface area contributed by atoms with Crippen LogP contribution < -0.4 is 5.32 Å². The number of benzene rings is 1. The van der Waals surface area contributed by atoms with Gasteiger partial charge in [-0.25, -0.2) is 13.4 Å². The topological polar surface area (TPSA) is 91.9 Å². The molecule has 1 fully saturated rings. The minimum atomic E-state index is -3.03. The molecule has 0 spiro atoms. The lowest BCUT2D eigenvalue weighted by Crippen LogP contribution is -2.47. The molecule has 1 aliphatic rings. The summed E-state index contributed by atoms with van der Waals surface area (Å²) in [6.07, 6.45) is 0.477. The highest BCUT2D eigenvalue weighted by Gasteiger charge is 2.39. The zero-order valence-electron chi connectivity index (χ0n) is 13.7. The number of hydrogen-bond donors (Lipinski definition) is 2. The van der Waals surface area contributed by atoms with Gasteiger partial charge in [-0.2, -0.15) is 0 Å². The van der Waals surface area contributed by atoms with E-state index in [0.29, 0.717) is 6.42 Å². The molecule has 2 unspecified atom stereocenters. The smallest absolute Gasteiger partial charge is 0.230 e. The van der Waals surface area contributed by atoms with Crippen molar-refractivity contribution in [1.82, 2.24) is 15.3 Å². The van der Waals surface area contributed by atoms with Crippen LogP contribution in [0.4, 0.5) is 0 Å². The van der Waals surface area contributed by atoms with E-state index in [0.717, 1.165) is 16.9 Å². The zero-order valence-corrected chi connectivity index (χ0v) is 15.3. The van der Waals surface area contributed by atoms with Crippen LogP contribution in [0, 0.1) is 0 Å². The number of rotatable bonds is 5. The van der Waals surface area contributed by atoms with E-state index in [1.165, 1.54) is 11.8 Å². The van der Waals surface area contributed by atoms with Crippen molar-refractivity contribution >= 4 is 38.5 Å². The Kier molecular flexibility index (Phi) is 4.61. The third kappa shape index (κ3) is 3.92. The number of sulfone groups is 1. The zero-order chi connectivity index (χ0) is 17.4. The average Bonchev–Trinajstić information content (AvgIpc) is 3.05. The van der Waals surface area contributed by atoms with Gasteiger partial charge in [0.1, 0.15) is 5.82 Å². The molecule has 3 rings (SSSR count). The highest BCUT2D eigenvalue weighted by molar-refractivity contribution is 8.00. The van der Waals surface area contributed by atoms with Crippen molar-refractivity contribution in [3.05, 3.63) is 30.1 Å². The predicted molar refractivity (Wildman–Crippen MR) is 96.8 cm³/mol. The van der Waals surface area contributed by atoms with Gasteiger partial charge >= 0.3 is 0 Å². The highest BCUT2D eigenvalue weighted by atomic mass is 32.2. The lowest BCUT2D eigenvalue weighted by atomic mass is 10.0. The molecule has 2 aromatic rings. The number of carbonyl (C=O) groups is 1. The molecule has 1 amide bonds. The minimum absolute atomic E-state index is 0.0233. The Morgan fingerprint density at radius 1 is 1.46 bits per heavy atom. The molecule has 24 heavy (non-hydrogen) atoms. The molecule has 0 bridgehead atoms. The summed E-state index contributed by atoms with van der Waals surface area (Å²) >= 11 is 1.48. The summed E-state index contributed by atoms with van der Waals surface area (Å²) in [6, 6.07) is 7.80. The first kappa shape index (κ1) is 17.3. The van der Waals surface area contributed by atoms with Gasteiger partial charge in [0.25, 0.3) is 0 Å². The number of nitrogens with one attached hydrogen (secondary N) is 2. The molecule has 1 aromatic heterocycles. The van der Waals surface area contributed by atoms with Gasteiger partial charge in [0, 0.05) is 0 Å². The molecule has 2 heterocycles. The van der Waals surface area contributed by atoms with Gasteiger partial charge in [0.05, 0.1) is 39.1 Å². The molecular weight excluding hydrogens is 346 g/mol. The maximum Gasteiger partial charge on any atom is 0.230 e. The number of hydrogen-bond acceptors (Lipinski definition) is 5. The van der Waals surface area contributed by atoms with Crippen LogP contribution in [0.3, 0.4) is 0 Å². The van der Waals surface area contributed by atoms with Gasteiger partial charge in [-0.1, -0.05) is 12.1 Å². The molecule has 0 radical (unpaired) electrons.